The minimum atomic E-state index is -0.0234. The number of carbonyl (C=O) groups excluding carboxylic acids is 1. The van der Waals surface area contributed by atoms with Gasteiger partial charge in [0, 0.05) is 20.6 Å². The molecule has 0 unspecified atom stereocenters. The van der Waals surface area contributed by atoms with Crippen molar-refractivity contribution < 1.29 is 4.79 Å². The molecular formula is C16H14BrClO. The molecule has 0 spiro atoms. The van der Waals surface area contributed by atoms with Gasteiger partial charge >= 0.3 is 0 Å². The second-order valence-corrected chi connectivity index (χ2v) is 6.02. The summed E-state index contributed by atoms with van der Waals surface area (Å²) in [5.74, 6) is 0.437. The summed E-state index contributed by atoms with van der Waals surface area (Å²) in [6.07, 6.45) is 0. The van der Waals surface area contributed by atoms with E-state index in [0.29, 0.717) is 22.1 Å². The molecule has 0 fully saturated rings. The summed E-state index contributed by atoms with van der Waals surface area (Å²) in [6.45, 7) is 4.26. The second-order valence-electron chi connectivity index (χ2n) is 4.73. The summed E-state index contributed by atoms with van der Waals surface area (Å²) >= 11 is 9.33. The molecule has 1 nitrogen and oxygen atoms in total. The van der Waals surface area contributed by atoms with E-state index in [0.717, 1.165) is 4.47 Å². The highest BCUT2D eigenvalue weighted by Crippen LogP contribution is 2.24. The van der Waals surface area contributed by atoms with Crippen molar-refractivity contribution >= 4 is 33.3 Å². The summed E-state index contributed by atoms with van der Waals surface area (Å²) in [5, 5.41) is 0.561. The van der Waals surface area contributed by atoms with Gasteiger partial charge in [-0.15, -0.1) is 0 Å². The van der Waals surface area contributed by atoms with Crippen molar-refractivity contribution in [1.82, 2.24) is 0 Å². The average Bonchev–Trinajstić information content (AvgIpc) is 2.41. The van der Waals surface area contributed by atoms with Crippen molar-refractivity contribution in [1.29, 1.82) is 0 Å². The van der Waals surface area contributed by atoms with Crippen LogP contribution in [0.5, 0.6) is 0 Å². The van der Waals surface area contributed by atoms with E-state index in [1.54, 1.807) is 18.2 Å². The minimum Gasteiger partial charge on any atom is -0.289 e. The third kappa shape index (κ3) is 3.26. The molecule has 0 atom stereocenters. The van der Waals surface area contributed by atoms with Gasteiger partial charge in [-0.1, -0.05) is 65.6 Å². The maximum Gasteiger partial charge on any atom is 0.194 e. The number of hydrogen-bond acceptors (Lipinski definition) is 1. The van der Waals surface area contributed by atoms with Crippen molar-refractivity contribution in [2.75, 3.05) is 0 Å². The zero-order chi connectivity index (χ0) is 14.0. The number of halogens is 2. The Labute approximate surface area is 126 Å². The monoisotopic (exact) mass is 336 g/mol. The van der Waals surface area contributed by atoms with E-state index in [4.69, 9.17) is 11.6 Å². The summed E-state index contributed by atoms with van der Waals surface area (Å²) < 4.78 is 0.759. The Morgan fingerprint density at radius 2 is 1.74 bits per heavy atom. The lowest BCUT2D eigenvalue weighted by Gasteiger charge is -2.08. The van der Waals surface area contributed by atoms with Gasteiger partial charge in [0.15, 0.2) is 5.78 Å². The van der Waals surface area contributed by atoms with Gasteiger partial charge in [-0.2, -0.15) is 0 Å². The van der Waals surface area contributed by atoms with Crippen molar-refractivity contribution in [2.24, 2.45) is 0 Å². The lowest BCUT2D eigenvalue weighted by molar-refractivity contribution is 0.103. The Kier molecular flexibility index (Phi) is 4.43. The molecule has 0 radical (unpaired) electrons. The Morgan fingerprint density at radius 1 is 1.11 bits per heavy atom. The summed E-state index contributed by atoms with van der Waals surface area (Å²) in [5.41, 5.74) is 2.49. The van der Waals surface area contributed by atoms with Gasteiger partial charge < -0.3 is 0 Å². The molecule has 0 aliphatic carbocycles. The zero-order valence-corrected chi connectivity index (χ0v) is 13.1. The van der Waals surface area contributed by atoms with E-state index < -0.39 is 0 Å². The molecule has 0 N–H and O–H groups in total. The Morgan fingerprint density at radius 3 is 2.32 bits per heavy atom. The molecule has 2 rings (SSSR count). The second kappa shape index (κ2) is 5.89. The average molecular weight is 338 g/mol. The topological polar surface area (TPSA) is 17.1 Å². The fourth-order valence-corrected chi connectivity index (χ4v) is 2.45. The van der Waals surface area contributed by atoms with Crippen LogP contribution in [0.3, 0.4) is 0 Å². The Hall–Kier alpha value is -1.12. The Bertz CT molecular complexity index is 603. The first-order valence-electron chi connectivity index (χ1n) is 6.08. The smallest absolute Gasteiger partial charge is 0.194 e. The van der Waals surface area contributed by atoms with E-state index in [-0.39, 0.29) is 5.78 Å². The largest absolute Gasteiger partial charge is 0.289 e. The molecular weight excluding hydrogens is 324 g/mol. The van der Waals surface area contributed by atoms with Crippen LogP contribution >= 0.6 is 27.5 Å². The van der Waals surface area contributed by atoms with Crippen LogP contribution in [0, 0.1) is 0 Å². The third-order valence-corrected chi connectivity index (χ3v) is 3.94. The van der Waals surface area contributed by atoms with Gasteiger partial charge in [-0.05, 0) is 29.7 Å². The number of benzene rings is 2. The third-order valence-electron chi connectivity index (χ3n) is 3.01. The van der Waals surface area contributed by atoms with Gasteiger partial charge in [0.1, 0.15) is 0 Å². The zero-order valence-electron chi connectivity index (χ0n) is 10.8. The fourth-order valence-electron chi connectivity index (χ4n) is 1.85. The van der Waals surface area contributed by atoms with Crippen molar-refractivity contribution in [3.05, 3.63) is 68.7 Å². The van der Waals surface area contributed by atoms with Crippen LogP contribution < -0.4 is 0 Å². The molecule has 19 heavy (non-hydrogen) atoms. The van der Waals surface area contributed by atoms with Gasteiger partial charge in [0.05, 0.1) is 0 Å². The highest BCUT2D eigenvalue weighted by molar-refractivity contribution is 9.10. The highest BCUT2D eigenvalue weighted by atomic mass is 79.9. The van der Waals surface area contributed by atoms with E-state index >= 15 is 0 Å². The van der Waals surface area contributed by atoms with Gasteiger partial charge in [0.25, 0.3) is 0 Å². The Balaban J connectivity index is 2.36. The first-order valence-corrected chi connectivity index (χ1v) is 7.26. The number of ketones is 1. The van der Waals surface area contributed by atoms with Crippen LogP contribution in [0.4, 0.5) is 0 Å². The molecule has 0 heterocycles. The summed E-state index contributed by atoms with van der Waals surface area (Å²) in [7, 11) is 0. The maximum absolute atomic E-state index is 12.4. The molecule has 98 valence electrons. The van der Waals surface area contributed by atoms with E-state index in [9.17, 15) is 4.79 Å². The van der Waals surface area contributed by atoms with Crippen LogP contribution in [0.25, 0.3) is 0 Å². The van der Waals surface area contributed by atoms with Crippen LogP contribution in [0.15, 0.2) is 46.9 Å². The van der Waals surface area contributed by atoms with Crippen molar-refractivity contribution in [2.45, 2.75) is 19.8 Å². The number of rotatable bonds is 3. The first kappa shape index (κ1) is 14.3. The number of carbonyl (C=O) groups is 1. The van der Waals surface area contributed by atoms with Crippen molar-refractivity contribution in [3.63, 3.8) is 0 Å². The lowest BCUT2D eigenvalue weighted by atomic mass is 9.98. The first-order chi connectivity index (χ1) is 8.99. The number of hydrogen-bond donors (Lipinski definition) is 0. The van der Waals surface area contributed by atoms with Crippen molar-refractivity contribution in [3.8, 4) is 0 Å². The van der Waals surface area contributed by atoms with Crippen LogP contribution in [0.1, 0.15) is 41.3 Å². The molecule has 0 aliphatic rings. The van der Waals surface area contributed by atoms with Gasteiger partial charge in [-0.25, -0.2) is 0 Å². The summed E-state index contributed by atoms with van der Waals surface area (Å²) in [6, 6.07) is 13.0. The summed E-state index contributed by atoms with van der Waals surface area (Å²) in [4.78, 5) is 12.4. The SMILES string of the molecule is CC(C)c1ccc(C(=O)c2cc(Cl)ccc2Br)cc1. The molecule has 0 aliphatic heterocycles. The molecule has 2 aromatic rings. The molecule has 2 aromatic carbocycles. The molecule has 0 amide bonds. The normalized spacial score (nSPS) is 10.8. The fraction of sp³-hybridized carbons (Fsp3) is 0.188. The van der Waals surface area contributed by atoms with Gasteiger partial charge in [0.2, 0.25) is 0 Å². The van der Waals surface area contributed by atoms with E-state index in [1.807, 2.05) is 24.3 Å². The molecule has 0 saturated carbocycles. The molecule has 0 bridgehead atoms. The highest BCUT2D eigenvalue weighted by Gasteiger charge is 2.13. The quantitative estimate of drug-likeness (QED) is 0.680. The minimum absolute atomic E-state index is 0.0234. The van der Waals surface area contributed by atoms with E-state index in [1.165, 1.54) is 5.56 Å². The lowest BCUT2D eigenvalue weighted by Crippen LogP contribution is -2.02. The van der Waals surface area contributed by atoms with Crippen LogP contribution in [-0.2, 0) is 0 Å². The van der Waals surface area contributed by atoms with Crippen LogP contribution in [-0.4, -0.2) is 5.78 Å². The predicted molar refractivity (Wildman–Crippen MR) is 83.1 cm³/mol. The van der Waals surface area contributed by atoms with E-state index in [2.05, 4.69) is 29.8 Å². The van der Waals surface area contributed by atoms with Crippen LogP contribution in [0.2, 0.25) is 5.02 Å². The van der Waals surface area contributed by atoms with Gasteiger partial charge in [-0.3, -0.25) is 4.79 Å². The maximum atomic E-state index is 12.4. The predicted octanol–water partition coefficient (Wildman–Crippen LogP) is 5.46. The molecule has 0 saturated heterocycles. The standard InChI is InChI=1S/C16H14BrClO/c1-10(2)11-3-5-12(6-4-11)16(19)14-9-13(18)7-8-15(14)17/h3-10H,1-2H3. The molecule has 3 heteroatoms. The molecule has 0 aromatic heterocycles.